The van der Waals surface area contributed by atoms with Gasteiger partial charge in [0.2, 0.25) is 0 Å². The summed E-state index contributed by atoms with van der Waals surface area (Å²) in [4.78, 5) is 2.45. The van der Waals surface area contributed by atoms with Crippen LogP contribution in [0.4, 0.5) is 0 Å². The summed E-state index contributed by atoms with van der Waals surface area (Å²) in [6, 6.07) is 0. The van der Waals surface area contributed by atoms with Crippen LogP contribution in [0.2, 0.25) is 0 Å². The Morgan fingerprint density at radius 1 is 1.50 bits per heavy atom. The Balaban J connectivity index is 2.21. The predicted molar refractivity (Wildman–Crippen MR) is 53.0 cm³/mol. The Kier molecular flexibility index (Phi) is 3.76. The standard InChI is InChI=1S/C10H20N2/c1-9-3-5-12(6-4-9)8-10(2)7-11/h9H,2-8,11H2,1H3. The van der Waals surface area contributed by atoms with Gasteiger partial charge in [0.15, 0.2) is 0 Å². The smallest absolute Gasteiger partial charge is 0.0202 e. The van der Waals surface area contributed by atoms with E-state index < -0.39 is 0 Å². The van der Waals surface area contributed by atoms with Crippen molar-refractivity contribution in [2.24, 2.45) is 11.7 Å². The lowest BCUT2D eigenvalue weighted by molar-refractivity contribution is 0.206. The van der Waals surface area contributed by atoms with Crippen molar-refractivity contribution >= 4 is 0 Å². The van der Waals surface area contributed by atoms with Crippen LogP contribution in [0.15, 0.2) is 12.2 Å². The minimum atomic E-state index is 0.631. The number of hydrogen-bond acceptors (Lipinski definition) is 2. The Bertz CT molecular complexity index is 146. The Labute approximate surface area is 75.4 Å². The number of hydrogen-bond donors (Lipinski definition) is 1. The highest BCUT2D eigenvalue weighted by atomic mass is 15.1. The molecule has 2 heteroatoms. The highest BCUT2D eigenvalue weighted by Gasteiger charge is 2.15. The molecule has 2 N–H and O–H groups in total. The molecule has 12 heavy (non-hydrogen) atoms. The first kappa shape index (κ1) is 9.75. The zero-order valence-corrected chi connectivity index (χ0v) is 8.05. The highest BCUT2D eigenvalue weighted by molar-refractivity contribution is 4.99. The monoisotopic (exact) mass is 168 g/mol. The molecule has 1 rings (SSSR count). The van der Waals surface area contributed by atoms with Gasteiger partial charge in [0.25, 0.3) is 0 Å². The molecule has 2 nitrogen and oxygen atoms in total. The lowest BCUT2D eigenvalue weighted by Crippen LogP contribution is -2.35. The molecule has 0 aromatic carbocycles. The van der Waals surface area contributed by atoms with Crippen molar-refractivity contribution in [3.8, 4) is 0 Å². The third-order valence-electron chi connectivity index (χ3n) is 2.61. The minimum Gasteiger partial charge on any atom is -0.327 e. The number of rotatable bonds is 3. The van der Waals surface area contributed by atoms with Gasteiger partial charge in [-0.2, -0.15) is 0 Å². The molecule has 1 aliphatic heterocycles. The molecule has 1 fully saturated rings. The fourth-order valence-electron chi connectivity index (χ4n) is 1.60. The fourth-order valence-corrected chi connectivity index (χ4v) is 1.60. The van der Waals surface area contributed by atoms with Gasteiger partial charge in [-0.1, -0.05) is 13.5 Å². The maximum Gasteiger partial charge on any atom is 0.0202 e. The van der Waals surface area contributed by atoms with Gasteiger partial charge in [-0.25, -0.2) is 0 Å². The molecule has 1 aliphatic rings. The number of likely N-dealkylation sites (tertiary alicyclic amines) is 1. The molecule has 1 heterocycles. The summed E-state index contributed by atoms with van der Waals surface area (Å²) < 4.78 is 0. The summed E-state index contributed by atoms with van der Waals surface area (Å²) in [6.07, 6.45) is 2.66. The Morgan fingerprint density at radius 3 is 2.58 bits per heavy atom. The molecule has 0 spiro atoms. The van der Waals surface area contributed by atoms with E-state index in [2.05, 4.69) is 18.4 Å². The first-order valence-electron chi connectivity index (χ1n) is 4.81. The maximum absolute atomic E-state index is 5.49. The summed E-state index contributed by atoms with van der Waals surface area (Å²) in [7, 11) is 0. The molecular weight excluding hydrogens is 148 g/mol. The zero-order valence-electron chi connectivity index (χ0n) is 8.05. The Morgan fingerprint density at radius 2 is 2.08 bits per heavy atom. The average Bonchev–Trinajstić information content (AvgIpc) is 2.09. The van der Waals surface area contributed by atoms with Crippen LogP contribution in [0.1, 0.15) is 19.8 Å². The SMILES string of the molecule is C=C(CN)CN1CCC(C)CC1. The zero-order chi connectivity index (χ0) is 8.97. The van der Waals surface area contributed by atoms with Crippen LogP contribution >= 0.6 is 0 Å². The van der Waals surface area contributed by atoms with E-state index in [1.807, 2.05) is 0 Å². The van der Waals surface area contributed by atoms with E-state index in [4.69, 9.17) is 5.73 Å². The Hall–Kier alpha value is -0.340. The van der Waals surface area contributed by atoms with E-state index in [1.165, 1.54) is 25.9 Å². The maximum atomic E-state index is 5.49. The minimum absolute atomic E-state index is 0.631. The van der Waals surface area contributed by atoms with E-state index >= 15 is 0 Å². The largest absolute Gasteiger partial charge is 0.327 e. The molecule has 0 radical (unpaired) electrons. The van der Waals surface area contributed by atoms with Crippen molar-refractivity contribution in [1.29, 1.82) is 0 Å². The van der Waals surface area contributed by atoms with E-state index in [0.29, 0.717) is 6.54 Å². The van der Waals surface area contributed by atoms with Crippen molar-refractivity contribution in [2.45, 2.75) is 19.8 Å². The second-order valence-electron chi connectivity index (χ2n) is 3.91. The molecule has 70 valence electrons. The third kappa shape index (κ3) is 2.95. The second kappa shape index (κ2) is 4.63. The first-order chi connectivity index (χ1) is 5.72. The van der Waals surface area contributed by atoms with Gasteiger partial charge in [0.05, 0.1) is 0 Å². The number of nitrogens with two attached hydrogens (primary N) is 1. The van der Waals surface area contributed by atoms with Gasteiger partial charge in [-0.15, -0.1) is 0 Å². The molecule has 0 unspecified atom stereocenters. The topological polar surface area (TPSA) is 29.3 Å². The van der Waals surface area contributed by atoms with Gasteiger partial charge in [-0.05, 0) is 37.4 Å². The molecule has 0 bridgehead atoms. The van der Waals surface area contributed by atoms with Crippen LogP contribution in [0, 0.1) is 5.92 Å². The van der Waals surface area contributed by atoms with Crippen LogP contribution < -0.4 is 5.73 Å². The van der Waals surface area contributed by atoms with Crippen molar-refractivity contribution < 1.29 is 0 Å². The average molecular weight is 168 g/mol. The summed E-state index contributed by atoms with van der Waals surface area (Å²) in [5.41, 5.74) is 6.65. The van der Waals surface area contributed by atoms with Gasteiger partial charge >= 0.3 is 0 Å². The first-order valence-corrected chi connectivity index (χ1v) is 4.81. The predicted octanol–water partition coefficient (Wildman–Crippen LogP) is 1.23. The quantitative estimate of drug-likeness (QED) is 0.642. The van der Waals surface area contributed by atoms with Crippen LogP contribution in [-0.2, 0) is 0 Å². The molecule has 0 aromatic rings. The van der Waals surface area contributed by atoms with Crippen molar-refractivity contribution in [3.63, 3.8) is 0 Å². The van der Waals surface area contributed by atoms with Crippen LogP contribution in [0.5, 0.6) is 0 Å². The number of piperidine rings is 1. The van der Waals surface area contributed by atoms with E-state index in [1.54, 1.807) is 0 Å². The van der Waals surface area contributed by atoms with Crippen molar-refractivity contribution in [1.82, 2.24) is 4.90 Å². The molecule has 1 saturated heterocycles. The van der Waals surface area contributed by atoms with Crippen molar-refractivity contribution in [3.05, 3.63) is 12.2 Å². The van der Waals surface area contributed by atoms with Crippen LogP contribution in [0.3, 0.4) is 0 Å². The highest BCUT2D eigenvalue weighted by Crippen LogP contribution is 2.16. The van der Waals surface area contributed by atoms with E-state index in [9.17, 15) is 0 Å². The second-order valence-corrected chi connectivity index (χ2v) is 3.91. The van der Waals surface area contributed by atoms with Crippen LogP contribution in [-0.4, -0.2) is 31.1 Å². The summed E-state index contributed by atoms with van der Waals surface area (Å²) in [5, 5.41) is 0. The number of nitrogens with zero attached hydrogens (tertiary/aromatic N) is 1. The van der Waals surface area contributed by atoms with E-state index in [0.717, 1.165) is 18.0 Å². The summed E-state index contributed by atoms with van der Waals surface area (Å²) in [6.45, 7) is 10.3. The molecule has 0 atom stereocenters. The summed E-state index contributed by atoms with van der Waals surface area (Å²) >= 11 is 0. The van der Waals surface area contributed by atoms with Crippen molar-refractivity contribution in [2.75, 3.05) is 26.2 Å². The molecule has 0 amide bonds. The van der Waals surface area contributed by atoms with Crippen LogP contribution in [0.25, 0.3) is 0 Å². The lowest BCUT2D eigenvalue weighted by Gasteiger charge is -2.30. The molecule has 0 aromatic heterocycles. The van der Waals surface area contributed by atoms with E-state index in [-0.39, 0.29) is 0 Å². The van der Waals surface area contributed by atoms with Gasteiger partial charge < -0.3 is 5.73 Å². The molecule has 0 aliphatic carbocycles. The molecular formula is C10H20N2. The van der Waals surface area contributed by atoms with Gasteiger partial charge in [-0.3, -0.25) is 4.90 Å². The normalized spacial score (nSPS) is 21.2. The summed E-state index contributed by atoms with van der Waals surface area (Å²) in [5.74, 6) is 0.910. The van der Waals surface area contributed by atoms with Gasteiger partial charge in [0.1, 0.15) is 0 Å². The lowest BCUT2D eigenvalue weighted by atomic mass is 9.99. The van der Waals surface area contributed by atoms with Gasteiger partial charge in [0, 0.05) is 13.1 Å². The molecule has 0 saturated carbocycles. The fraction of sp³-hybridized carbons (Fsp3) is 0.800. The third-order valence-corrected chi connectivity index (χ3v) is 2.61.